The van der Waals surface area contributed by atoms with Gasteiger partial charge in [0.1, 0.15) is 35.6 Å². The van der Waals surface area contributed by atoms with Gasteiger partial charge in [0.05, 0.1) is 41.6 Å². The van der Waals surface area contributed by atoms with Gasteiger partial charge in [0.15, 0.2) is 12.1 Å². The molecule has 5 rings (SSSR count). The third-order valence-electron chi connectivity index (χ3n) is 7.93. The second-order valence-electron chi connectivity index (χ2n) is 10.7. The number of hydrogen-bond donors (Lipinski definition) is 5. The van der Waals surface area contributed by atoms with E-state index in [1.54, 1.807) is 19.9 Å². The van der Waals surface area contributed by atoms with Gasteiger partial charge >= 0.3 is 0 Å². The Morgan fingerprint density at radius 1 is 1.00 bits per heavy atom. The van der Waals surface area contributed by atoms with Crippen molar-refractivity contribution in [1.29, 1.82) is 0 Å². The Hall–Kier alpha value is -3.06. The first-order valence-corrected chi connectivity index (χ1v) is 12.6. The number of fused-ring (bicyclic) bond motifs is 3. The van der Waals surface area contributed by atoms with E-state index in [0.717, 1.165) is 0 Å². The zero-order valence-corrected chi connectivity index (χ0v) is 22.2. The zero-order chi connectivity index (χ0) is 28.5. The minimum absolute atomic E-state index is 0.00228. The van der Waals surface area contributed by atoms with Crippen LogP contribution in [0.15, 0.2) is 12.1 Å². The van der Waals surface area contributed by atoms with Gasteiger partial charge in [0, 0.05) is 36.6 Å². The standard InChI is InChI=1S/C28H32O11/c1-10-6-7-12-16(25(10)36-4)23(33)18-17(20(12)30)21(31)13-8-28(3,35)9-14(15(13)22(18)32)39-27-24(34)26(37-5)19(29)11(2)38-27/h6-7,11,14,19,24,26-27,29,31-32,34-35H,8-9H2,1-5H3/t11?,14-,19-,24+,26+,27-,28?/m0/s1. The molecule has 2 aromatic rings. The molecule has 1 aliphatic heterocycles. The predicted octanol–water partition coefficient (Wildman–Crippen LogP) is 1.43. The van der Waals surface area contributed by atoms with Crippen LogP contribution in [0.25, 0.3) is 0 Å². The Balaban J connectivity index is 1.66. The Bertz CT molecular complexity index is 1360. The lowest BCUT2D eigenvalue weighted by Gasteiger charge is -2.44. The SMILES string of the molecule is COc1c(C)ccc2c1C(=O)c1c(O)c3c(c(O)c1C2=O)CC(C)(O)C[C@@H]3O[C@@H]1OC(C)[C@H](O)[C@@H](OC)[C@H]1O. The van der Waals surface area contributed by atoms with Crippen LogP contribution in [0.4, 0.5) is 0 Å². The summed E-state index contributed by atoms with van der Waals surface area (Å²) in [5.74, 6) is -2.32. The molecule has 0 spiro atoms. The molecule has 210 valence electrons. The van der Waals surface area contributed by atoms with E-state index in [9.17, 15) is 35.1 Å². The number of hydrogen-bond acceptors (Lipinski definition) is 11. The van der Waals surface area contributed by atoms with E-state index >= 15 is 0 Å². The molecular formula is C28H32O11. The number of aliphatic hydroxyl groups is 3. The van der Waals surface area contributed by atoms with Gasteiger partial charge < -0.3 is 44.5 Å². The maximum atomic E-state index is 13.8. The topological polar surface area (TPSA) is 172 Å². The largest absolute Gasteiger partial charge is 0.507 e. The van der Waals surface area contributed by atoms with Crippen LogP contribution in [0.5, 0.6) is 17.2 Å². The van der Waals surface area contributed by atoms with Crippen molar-refractivity contribution < 1.29 is 54.1 Å². The first-order valence-electron chi connectivity index (χ1n) is 12.6. The van der Waals surface area contributed by atoms with Crippen molar-refractivity contribution in [2.75, 3.05) is 14.2 Å². The van der Waals surface area contributed by atoms with Gasteiger partial charge in [0.25, 0.3) is 0 Å². The highest BCUT2D eigenvalue weighted by Gasteiger charge is 2.49. The fourth-order valence-corrected chi connectivity index (χ4v) is 6.01. The molecule has 7 atom stereocenters. The van der Waals surface area contributed by atoms with E-state index in [1.165, 1.54) is 27.2 Å². The van der Waals surface area contributed by atoms with Crippen molar-refractivity contribution in [3.63, 3.8) is 0 Å². The molecule has 0 radical (unpaired) electrons. The first-order chi connectivity index (χ1) is 18.3. The maximum absolute atomic E-state index is 13.8. The Labute approximate surface area is 224 Å². The summed E-state index contributed by atoms with van der Waals surface area (Å²) in [6, 6.07) is 3.09. The molecule has 2 unspecified atom stereocenters. The molecule has 2 aliphatic carbocycles. The van der Waals surface area contributed by atoms with Crippen molar-refractivity contribution in [3.8, 4) is 17.2 Å². The normalized spacial score (nSPS) is 31.9. The van der Waals surface area contributed by atoms with Crippen LogP contribution >= 0.6 is 0 Å². The van der Waals surface area contributed by atoms with E-state index in [1.807, 2.05) is 0 Å². The van der Waals surface area contributed by atoms with E-state index in [0.29, 0.717) is 5.56 Å². The number of ether oxygens (including phenoxy) is 4. The smallest absolute Gasteiger partial charge is 0.202 e. The molecule has 39 heavy (non-hydrogen) atoms. The van der Waals surface area contributed by atoms with Crippen molar-refractivity contribution in [3.05, 3.63) is 51.1 Å². The number of aromatic hydroxyl groups is 2. The highest BCUT2D eigenvalue weighted by atomic mass is 16.7. The molecule has 1 fully saturated rings. The summed E-state index contributed by atoms with van der Waals surface area (Å²) in [6.07, 6.45) is -7.19. The molecule has 0 saturated carbocycles. The Kier molecular flexibility index (Phi) is 6.73. The third kappa shape index (κ3) is 4.12. The lowest BCUT2D eigenvalue weighted by atomic mass is 9.73. The minimum atomic E-state index is -1.46. The average molecular weight is 545 g/mol. The predicted molar refractivity (Wildman–Crippen MR) is 134 cm³/mol. The van der Waals surface area contributed by atoms with Crippen LogP contribution in [0, 0.1) is 6.92 Å². The van der Waals surface area contributed by atoms with Crippen LogP contribution in [-0.2, 0) is 20.6 Å². The highest BCUT2D eigenvalue weighted by Crippen LogP contribution is 2.52. The number of phenols is 2. The number of carbonyl (C=O) groups excluding carboxylic acids is 2. The lowest BCUT2D eigenvalue weighted by molar-refractivity contribution is -0.311. The lowest BCUT2D eigenvalue weighted by Crippen LogP contribution is -2.58. The van der Waals surface area contributed by atoms with Crippen molar-refractivity contribution in [2.24, 2.45) is 0 Å². The van der Waals surface area contributed by atoms with Crippen molar-refractivity contribution in [1.82, 2.24) is 0 Å². The summed E-state index contributed by atoms with van der Waals surface area (Å²) in [4.78, 5) is 27.3. The summed E-state index contributed by atoms with van der Waals surface area (Å²) in [7, 11) is 2.69. The van der Waals surface area contributed by atoms with Crippen LogP contribution < -0.4 is 4.74 Å². The summed E-state index contributed by atoms with van der Waals surface area (Å²) in [6.45, 7) is 4.78. The van der Waals surface area contributed by atoms with Gasteiger partial charge in [-0.1, -0.05) is 6.07 Å². The van der Waals surface area contributed by atoms with Crippen molar-refractivity contribution in [2.45, 2.75) is 76.0 Å². The monoisotopic (exact) mass is 544 g/mol. The molecule has 0 aromatic heterocycles. The van der Waals surface area contributed by atoms with Crippen LogP contribution in [0.3, 0.4) is 0 Å². The summed E-state index contributed by atoms with van der Waals surface area (Å²) >= 11 is 0. The number of aliphatic hydroxyl groups excluding tert-OH is 2. The van der Waals surface area contributed by atoms with Gasteiger partial charge in [0.2, 0.25) is 5.78 Å². The van der Waals surface area contributed by atoms with E-state index in [2.05, 4.69) is 0 Å². The third-order valence-corrected chi connectivity index (χ3v) is 7.93. The van der Waals surface area contributed by atoms with Crippen molar-refractivity contribution >= 4 is 11.6 Å². The highest BCUT2D eigenvalue weighted by molar-refractivity contribution is 6.31. The van der Waals surface area contributed by atoms with E-state index in [4.69, 9.17) is 18.9 Å². The maximum Gasteiger partial charge on any atom is 0.202 e. The minimum Gasteiger partial charge on any atom is -0.507 e. The molecule has 1 saturated heterocycles. The number of carbonyl (C=O) groups is 2. The molecule has 5 N–H and O–H groups in total. The first kappa shape index (κ1) is 27.5. The molecule has 0 amide bonds. The molecule has 11 heteroatoms. The number of ketones is 2. The molecule has 2 aromatic carbocycles. The molecular weight excluding hydrogens is 512 g/mol. The van der Waals surface area contributed by atoms with Gasteiger partial charge in [-0.15, -0.1) is 0 Å². The number of phenolic OH excluding ortho intramolecular Hbond substituents is 2. The summed E-state index contributed by atoms with van der Waals surface area (Å²) in [5.41, 5.74) is -1.58. The quantitative estimate of drug-likeness (QED) is 0.301. The number of rotatable bonds is 4. The Morgan fingerprint density at radius 3 is 2.31 bits per heavy atom. The Morgan fingerprint density at radius 2 is 1.67 bits per heavy atom. The van der Waals surface area contributed by atoms with Gasteiger partial charge in [-0.3, -0.25) is 9.59 Å². The van der Waals surface area contributed by atoms with E-state index < -0.39 is 71.0 Å². The number of aryl methyl sites for hydroxylation is 1. The molecule has 11 nitrogen and oxygen atoms in total. The number of benzene rings is 2. The molecule has 3 aliphatic rings. The fraction of sp³-hybridized carbons (Fsp3) is 0.500. The van der Waals surface area contributed by atoms with E-state index in [-0.39, 0.29) is 46.4 Å². The fourth-order valence-electron chi connectivity index (χ4n) is 6.01. The number of methoxy groups -OCH3 is 2. The summed E-state index contributed by atoms with van der Waals surface area (Å²) in [5, 5.41) is 55.1. The van der Waals surface area contributed by atoms with Crippen LogP contribution in [-0.4, -0.2) is 87.6 Å². The average Bonchev–Trinajstić information content (AvgIpc) is 2.87. The second-order valence-corrected chi connectivity index (χ2v) is 10.7. The summed E-state index contributed by atoms with van der Waals surface area (Å²) < 4.78 is 22.4. The molecule has 0 bridgehead atoms. The van der Waals surface area contributed by atoms with Gasteiger partial charge in [-0.05, 0) is 32.4 Å². The van der Waals surface area contributed by atoms with Crippen LogP contribution in [0.1, 0.15) is 74.9 Å². The second kappa shape index (κ2) is 9.54. The van der Waals surface area contributed by atoms with Gasteiger partial charge in [-0.2, -0.15) is 0 Å². The van der Waals surface area contributed by atoms with Gasteiger partial charge in [-0.25, -0.2) is 0 Å². The van der Waals surface area contributed by atoms with Crippen LogP contribution in [0.2, 0.25) is 0 Å². The molecule has 1 heterocycles. The zero-order valence-electron chi connectivity index (χ0n) is 22.2.